The molecule has 154 valence electrons. The van der Waals surface area contributed by atoms with E-state index in [0.29, 0.717) is 0 Å². The first-order valence-corrected chi connectivity index (χ1v) is 7.79. The average molecular weight is 391 g/mol. The number of aliphatic hydroxyl groups is 3. The van der Waals surface area contributed by atoms with Crippen LogP contribution in [-0.2, 0) is 19.1 Å². The van der Waals surface area contributed by atoms with Crippen molar-refractivity contribution in [3.05, 3.63) is 0 Å². The summed E-state index contributed by atoms with van der Waals surface area (Å²) in [6.07, 6.45) is -8.96. The van der Waals surface area contributed by atoms with Gasteiger partial charge in [0.05, 0.1) is 19.3 Å². The molecule has 0 aromatic rings. The molecular weight excluding hydrogens is 367 g/mol. The first-order chi connectivity index (χ1) is 12.0. The minimum atomic E-state index is -5.19. The Bertz CT molecular complexity index is 433. The lowest BCUT2D eigenvalue weighted by Crippen LogP contribution is -2.53. The first kappa shape index (κ1) is 24.5. The van der Waals surface area contributed by atoms with Crippen molar-refractivity contribution in [2.24, 2.45) is 0 Å². The first-order valence-electron chi connectivity index (χ1n) is 7.79. The summed E-state index contributed by atoms with van der Waals surface area (Å²) < 4.78 is 47.5. The predicted molar refractivity (Wildman–Crippen MR) is 79.9 cm³/mol. The molecule has 12 heteroatoms. The Morgan fingerprint density at radius 2 is 1.77 bits per heavy atom. The fourth-order valence-corrected chi connectivity index (χ4v) is 1.76. The number of carbonyl (C=O) groups excluding carboxylic acids is 1. The van der Waals surface area contributed by atoms with Crippen LogP contribution in [0.4, 0.5) is 13.2 Å². The van der Waals surface area contributed by atoms with Gasteiger partial charge >= 0.3 is 18.1 Å². The minimum absolute atomic E-state index is 0.143. The van der Waals surface area contributed by atoms with E-state index in [4.69, 9.17) is 19.7 Å². The number of ether oxygens (including phenoxy) is 2. The third-order valence-electron chi connectivity index (χ3n) is 3.19. The van der Waals surface area contributed by atoms with E-state index in [1.165, 1.54) is 12.2 Å². The van der Waals surface area contributed by atoms with Crippen LogP contribution in [0.5, 0.6) is 0 Å². The lowest BCUT2D eigenvalue weighted by molar-refractivity contribution is -0.218. The van der Waals surface area contributed by atoms with Crippen molar-refractivity contribution in [3.63, 3.8) is 0 Å². The van der Waals surface area contributed by atoms with Gasteiger partial charge in [0.15, 0.2) is 6.29 Å². The number of hydrogen-bond acceptors (Lipinski definition) is 7. The van der Waals surface area contributed by atoms with E-state index < -0.39 is 55.8 Å². The standard InChI is InChI=1S/C14H24F3NO8/c1-8(21)10(7-20)26-12(25-5-3-2-4-11(22)23)9(6-19)18-13(24)14(15,16)17/h8-10,12,19-21H,2-7H2,1H3,(H,18,24)(H,22,23). The molecule has 9 nitrogen and oxygen atoms in total. The van der Waals surface area contributed by atoms with Gasteiger partial charge in [0.2, 0.25) is 0 Å². The minimum Gasteiger partial charge on any atom is -0.481 e. The van der Waals surface area contributed by atoms with Gasteiger partial charge in [-0.05, 0) is 19.8 Å². The normalized spacial score (nSPS) is 16.6. The van der Waals surface area contributed by atoms with Crippen molar-refractivity contribution in [2.75, 3.05) is 19.8 Å². The fourth-order valence-electron chi connectivity index (χ4n) is 1.76. The molecule has 0 aliphatic carbocycles. The third-order valence-corrected chi connectivity index (χ3v) is 3.19. The Morgan fingerprint density at radius 3 is 2.19 bits per heavy atom. The number of hydrogen-bond donors (Lipinski definition) is 5. The number of nitrogens with one attached hydrogen (secondary N) is 1. The Labute approximate surface area is 147 Å². The highest BCUT2D eigenvalue weighted by Gasteiger charge is 2.41. The maximum atomic E-state index is 12.4. The van der Waals surface area contributed by atoms with E-state index in [1.807, 2.05) is 0 Å². The van der Waals surface area contributed by atoms with Crippen molar-refractivity contribution in [1.82, 2.24) is 5.32 Å². The van der Waals surface area contributed by atoms with Crippen molar-refractivity contribution in [1.29, 1.82) is 0 Å². The van der Waals surface area contributed by atoms with Crippen molar-refractivity contribution < 1.29 is 52.7 Å². The molecule has 0 saturated carbocycles. The number of carbonyl (C=O) groups is 2. The SMILES string of the molecule is CC(O)C(CO)OC(OCCCCC(=O)O)C(CO)NC(=O)C(F)(F)F. The van der Waals surface area contributed by atoms with Gasteiger partial charge in [-0.2, -0.15) is 13.2 Å². The molecule has 0 heterocycles. The summed E-state index contributed by atoms with van der Waals surface area (Å²) in [5, 5.41) is 37.9. The van der Waals surface area contributed by atoms with Crippen LogP contribution in [0.15, 0.2) is 0 Å². The average Bonchev–Trinajstić information content (AvgIpc) is 2.53. The van der Waals surface area contributed by atoms with Crippen LogP contribution in [0.1, 0.15) is 26.2 Å². The second-order valence-electron chi connectivity index (χ2n) is 5.45. The zero-order valence-electron chi connectivity index (χ0n) is 14.1. The largest absolute Gasteiger partial charge is 0.481 e. The van der Waals surface area contributed by atoms with Gasteiger partial charge in [-0.25, -0.2) is 0 Å². The van der Waals surface area contributed by atoms with Crippen molar-refractivity contribution >= 4 is 11.9 Å². The van der Waals surface area contributed by atoms with E-state index in [2.05, 4.69) is 0 Å². The zero-order valence-corrected chi connectivity index (χ0v) is 14.1. The summed E-state index contributed by atoms with van der Waals surface area (Å²) in [5.74, 6) is -3.35. The number of rotatable bonds is 13. The van der Waals surface area contributed by atoms with Crippen LogP contribution >= 0.6 is 0 Å². The van der Waals surface area contributed by atoms with Crippen LogP contribution < -0.4 is 5.32 Å². The summed E-state index contributed by atoms with van der Waals surface area (Å²) in [7, 11) is 0. The van der Waals surface area contributed by atoms with E-state index >= 15 is 0 Å². The van der Waals surface area contributed by atoms with Gasteiger partial charge in [0.25, 0.3) is 0 Å². The zero-order chi connectivity index (χ0) is 20.3. The maximum Gasteiger partial charge on any atom is 0.471 e. The van der Waals surface area contributed by atoms with E-state index in [0.717, 1.165) is 0 Å². The summed E-state index contributed by atoms with van der Waals surface area (Å²) in [6, 6.07) is -1.63. The summed E-state index contributed by atoms with van der Waals surface area (Å²) in [6.45, 7) is -0.553. The number of amides is 1. The number of aliphatic carboxylic acids is 1. The van der Waals surface area contributed by atoms with Crippen molar-refractivity contribution in [3.8, 4) is 0 Å². The monoisotopic (exact) mass is 391 g/mol. The number of carboxylic acid groups (broad SMARTS) is 1. The van der Waals surface area contributed by atoms with Crippen LogP contribution in [-0.4, -0.2) is 82.8 Å². The highest BCUT2D eigenvalue weighted by atomic mass is 19.4. The van der Waals surface area contributed by atoms with E-state index in [-0.39, 0.29) is 25.9 Å². The van der Waals surface area contributed by atoms with Gasteiger partial charge in [-0.15, -0.1) is 0 Å². The second-order valence-corrected chi connectivity index (χ2v) is 5.45. The molecule has 4 atom stereocenters. The molecule has 0 spiro atoms. The predicted octanol–water partition coefficient (Wildman–Crippen LogP) is -0.618. The summed E-state index contributed by atoms with van der Waals surface area (Å²) >= 11 is 0. The Morgan fingerprint density at radius 1 is 1.15 bits per heavy atom. The van der Waals surface area contributed by atoms with Crippen molar-refractivity contribution in [2.45, 2.75) is 56.9 Å². The molecule has 0 radical (unpaired) electrons. The molecule has 0 aromatic heterocycles. The maximum absolute atomic E-state index is 12.4. The Kier molecular flexibility index (Phi) is 11.3. The molecule has 0 aliphatic heterocycles. The molecule has 0 saturated heterocycles. The van der Waals surface area contributed by atoms with Gasteiger partial charge < -0.3 is 35.2 Å². The number of carboxylic acids is 1. The summed E-state index contributed by atoms with van der Waals surface area (Å²) in [5.41, 5.74) is 0. The molecule has 5 N–H and O–H groups in total. The lowest BCUT2D eigenvalue weighted by atomic mass is 10.2. The topological polar surface area (TPSA) is 146 Å². The molecule has 4 unspecified atom stereocenters. The number of unbranched alkanes of at least 4 members (excludes halogenated alkanes) is 1. The van der Waals surface area contributed by atoms with Gasteiger partial charge in [-0.3, -0.25) is 9.59 Å². The molecule has 0 rings (SSSR count). The van der Waals surface area contributed by atoms with Crippen LogP contribution in [0, 0.1) is 0 Å². The van der Waals surface area contributed by atoms with E-state index in [1.54, 1.807) is 0 Å². The number of halogens is 3. The van der Waals surface area contributed by atoms with Gasteiger partial charge in [0, 0.05) is 13.0 Å². The molecule has 0 fully saturated rings. The fraction of sp³-hybridized carbons (Fsp3) is 0.857. The molecule has 26 heavy (non-hydrogen) atoms. The second kappa shape index (κ2) is 12.0. The quantitative estimate of drug-likeness (QED) is 0.206. The lowest BCUT2D eigenvalue weighted by Gasteiger charge is -2.31. The Hall–Kier alpha value is -1.47. The molecule has 0 aromatic carbocycles. The third kappa shape index (κ3) is 9.87. The van der Waals surface area contributed by atoms with Crippen LogP contribution in [0.25, 0.3) is 0 Å². The highest BCUT2D eigenvalue weighted by molar-refractivity contribution is 5.82. The number of alkyl halides is 3. The van der Waals surface area contributed by atoms with Gasteiger partial charge in [0.1, 0.15) is 12.1 Å². The van der Waals surface area contributed by atoms with E-state index in [9.17, 15) is 33.0 Å². The molecule has 0 bridgehead atoms. The molecule has 1 amide bonds. The molecular formula is C14H24F3NO8. The smallest absolute Gasteiger partial charge is 0.471 e. The summed E-state index contributed by atoms with van der Waals surface area (Å²) in [4.78, 5) is 21.5. The van der Waals surface area contributed by atoms with Crippen LogP contribution in [0.2, 0.25) is 0 Å². The Balaban J connectivity index is 4.95. The molecule has 0 aliphatic rings. The highest BCUT2D eigenvalue weighted by Crippen LogP contribution is 2.16. The number of aliphatic hydroxyl groups excluding tert-OH is 3. The van der Waals surface area contributed by atoms with Crippen LogP contribution in [0.3, 0.4) is 0 Å². The van der Waals surface area contributed by atoms with Gasteiger partial charge in [-0.1, -0.05) is 0 Å².